The average Bonchev–Trinajstić information content (AvgIpc) is 2.18. The van der Waals surface area contributed by atoms with Crippen LogP contribution in [0, 0.1) is 0 Å². The highest BCUT2D eigenvalue weighted by Gasteiger charge is 2.26. The van der Waals surface area contributed by atoms with Crippen molar-refractivity contribution in [3.63, 3.8) is 0 Å². The van der Waals surface area contributed by atoms with Gasteiger partial charge >= 0.3 is 0 Å². The van der Waals surface area contributed by atoms with E-state index in [1.54, 1.807) is 0 Å². The Morgan fingerprint density at radius 1 is 1.43 bits per heavy atom. The zero-order chi connectivity index (χ0) is 10.6. The summed E-state index contributed by atoms with van der Waals surface area (Å²) in [5.74, 6) is 0. The van der Waals surface area contributed by atoms with E-state index >= 15 is 0 Å². The molecule has 1 N–H and O–H groups in total. The Hall–Kier alpha value is -0.340. The summed E-state index contributed by atoms with van der Waals surface area (Å²) in [6.07, 6.45) is 5.44. The average molecular weight is 197 g/mol. The SMILES string of the molecule is C=C(CC)CN(C)C1CCCCC1O. The molecule has 1 aliphatic carbocycles. The number of hydrogen-bond donors (Lipinski definition) is 1. The van der Waals surface area contributed by atoms with Gasteiger partial charge in [0.15, 0.2) is 0 Å². The second-order valence-corrected chi connectivity index (χ2v) is 4.44. The van der Waals surface area contributed by atoms with E-state index in [2.05, 4.69) is 25.5 Å². The monoisotopic (exact) mass is 197 g/mol. The van der Waals surface area contributed by atoms with Crippen LogP contribution in [0.2, 0.25) is 0 Å². The Bertz CT molecular complexity index is 191. The highest BCUT2D eigenvalue weighted by molar-refractivity contribution is 4.97. The lowest BCUT2D eigenvalue weighted by molar-refractivity contribution is 0.0361. The third kappa shape index (κ3) is 3.10. The van der Waals surface area contributed by atoms with Crippen LogP contribution in [0.15, 0.2) is 12.2 Å². The van der Waals surface area contributed by atoms with Gasteiger partial charge in [0.25, 0.3) is 0 Å². The van der Waals surface area contributed by atoms with Crippen molar-refractivity contribution >= 4 is 0 Å². The number of likely N-dealkylation sites (N-methyl/N-ethyl adjacent to an activating group) is 1. The van der Waals surface area contributed by atoms with E-state index in [0.717, 1.165) is 25.8 Å². The van der Waals surface area contributed by atoms with Gasteiger partial charge in [-0.15, -0.1) is 0 Å². The largest absolute Gasteiger partial charge is 0.391 e. The van der Waals surface area contributed by atoms with Gasteiger partial charge in [0.2, 0.25) is 0 Å². The van der Waals surface area contributed by atoms with Crippen molar-refractivity contribution in [1.29, 1.82) is 0 Å². The summed E-state index contributed by atoms with van der Waals surface area (Å²) in [5.41, 5.74) is 1.25. The number of aliphatic hydroxyl groups is 1. The van der Waals surface area contributed by atoms with Crippen LogP contribution in [0.5, 0.6) is 0 Å². The number of aliphatic hydroxyl groups excluding tert-OH is 1. The lowest BCUT2D eigenvalue weighted by Gasteiger charge is -2.35. The van der Waals surface area contributed by atoms with Crippen LogP contribution in [0.4, 0.5) is 0 Å². The van der Waals surface area contributed by atoms with Gasteiger partial charge in [-0.1, -0.05) is 31.9 Å². The van der Waals surface area contributed by atoms with E-state index in [4.69, 9.17) is 0 Å². The molecule has 1 fully saturated rings. The number of nitrogens with zero attached hydrogens (tertiary/aromatic N) is 1. The first-order valence-corrected chi connectivity index (χ1v) is 5.70. The third-order valence-corrected chi connectivity index (χ3v) is 3.23. The minimum Gasteiger partial charge on any atom is -0.391 e. The van der Waals surface area contributed by atoms with Gasteiger partial charge in [0.1, 0.15) is 0 Å². The van der Waals surface area contributed by atoms with Gasteiger partial charge in [-0.05, 0) is 26.3 Å². The molecule has 0 saturated heterocycles. The minimum absolute atomic E-state index is 0.126. The van der Waals surface area contributed by atoms with Crippen molar-refractivity contribution in [2.45, 2.75) is 51.2 Å². The molecule has 0 aliphatic heterocycles. The maximum Gasteiger partial charge on any atom is 0.0695 e. The Kier molecular flexibility index (Phi) is 4.63. The predicted octanol–water partition coefficient (Wildman–Crippen LogP) is 2.19. The van der Waals surface area contributed by atoms with Crippen LogP contribution in [0.3, 0.4) is 0 Å². The molecule has 0 spiro atoms. The second kappa shape index (κ2) is 5.52. The molecule has 82 valence electrons. The van der Waals surface area contributed by atoms with Gasteiger partial charge in [-0.25, -0.2) is 0 Å². The van der Waals surface area contributed by atoms with Crippen LogP contribution in [0.1, 0.15) is 39.0 Å². The molecular weight excluding hydrogens is 174 g/mol. The topological polar surface area (TPSA) is 23.5 Å². The predicted molar refractivity (Wildman–Crippen MR) is 60.3 cm³/mol. The molecule has 0 aromatic carbocycles. The smallest absolute Gasteiger partial charge is 0.0695 e. The van der Waals surface area contributed by atoms with E-state index in [9.17, 15) is 5.11 Å². The van der Waals surface area contributed by atoms with E-state index in [1.165, 1.54) is 18.4 Å². The Morgan fingerprint density at radius 3 is 2.64 bits per heavy atom. The van der Waals surface area contributed by atoms with Crippen LogP contribution in [0.25, 0.3) is 0 Å². The molecule has 2 nitrogen and oxygen atoms in total. The quantitative estimate of drug-likeness (QED) is 0.698. The molecule has 0 radical (unpaired) electrons. The normalized spacial score (nSPS) is 28.0. The summed E-state index contributed by atoms with van der Waals surface area (Å²) in [4.78, 5) is 2.26. The fraction of sp³-hybridized carbons (Fsp3) is 0.833. The fourth-order valence-corrected chi connectivity index (χ4v) is 2.19. The summed E-state index contributed by atoms with van der Waals surface area (Å²) in [5, 5.41) is 9.85. The van der Waals surface area contributed by atoms with E-state index in [-0.39, 0.29) is 6.10 Å². The zero-order valence-corrected chi connectivity index (χ0v) is 9.50. The minimum atomic E-state index is -0.126. The first-order valence-electron chi connectivity index (χ1n) is 5.70. The van der Waals surface area contributed by atoms with Crippen LogP contribution in [-0.2, 0) is 0 Å². The summed E-state index contributed by atoms with van der Waals surface area (Å²) in [7, 11) is 2.10. The van der Waals surface area contributed by atoms with Gasteiger partial charge in [0.05, 0.1) is 6.10 Å². The molecule has 14 heavy (non-hydrogen) atoms. The summed E-state index contributed by atoms with van der Waals surface area (Å²) in [6.45, 7) is 7.07. The maximum atomic E-state index is 9.85. The summed E-state index contributed by atoms with van der Waals surface area (Å²) >= 11 is 0. The highest BCUT2D eigenvalue weighted by Crippen LogP contribution is 2.22. The van der Waals surface area contributed by atoms with E-state index in [0.29, 0.717) is 6.04 Å². The van der Waals surface area contributed by atoms with Gasteiger partial charge in [-0.3, -0.25) is 4.90 Å². The molecule has 1 aliphatic rings. The van der Waals surface area contributed by atoms with Crippen LogP contribution in [-0.4, -0.2) is 35.7 Å². The number of rotatable bonds is 4. The lowest BCUT2D eigenvalue weighted by atomic mass is 9.91. The van der Waals surface area contributed by atoms with Crippen molar-refractivity contribution in [1.82, 2.24) is 4.90 Å². The molecule has 1 rings (SSSR count). The number of hydrogen-bond acceptors (Lipinski definition) is 2. The van der Waals surface area contributed by atoms with Crippen LogP contribution < -0.4 is 0 Å². The van der Waals surface area contributed by atoms with Crippen molar-refractivity contribution in [3.8, 4) is 0 Å². The first-order chi connectivity index (χ1) is 6.65. The van der Waals surface area contributed by atoms with E-state index < -0.39 is 0 Å². The Labute approximate surface area is 87.6 Å². The maximum absolute atomic E-state index is 9.85. The molecule has 1 saturated carbocycles. The van der Waals surface area contributed by atoms with E-state index in [1.807, 2.05) is 0 Å². The summed E-state index contributed by atoms with van der Waals surface area (Å²) < 4.78 is 0. The molecule has 2 heteroatoms. The fourth-order valence-electron chi connectivity index (χ4n) is 2.19. The van der Waals surface area contributed by atoms with Crippen molar-refractivity contribution < 1.29 is 5.11 Å². The zero-order valence-electron chi connectivity index (χ0n) is 9.50. The standard InChI is InChI=1S/C12H23NO/c1-4-10(2)9-13(3)11-7-5-6-8-12(11)14/h11-12,14H,2,4-9H2,1,3H3. The van der Waals surface area contributed by atoms with Crippen molar-refractivity contribution in [2.24, 2.45) is 0 Å². The van der Waals surface area contributed by atoms with Gasteiger partial charge in [-0.2, -0.15) is 0 Å². The Balaban J connectivity index is 2.41. The van der Waals surface area contributed by atoms with Crippen molar-refractivity contribution in [2.75, 3.05) is 13.6 Å². The lowest BCUT2D eigenvalue weighted by Crippen LogP contribution is -2.43. The molecule has 2 atom stereocenters. The van der Waals surface area contributed by atoms with Gasteiger partial charge < -0.3 is 5.11 Å². The molecule has 0 aromatic rings. The molecule has 0 aromatic heterocycles. The first kappa shape index (κ1) is 11.7. The molecular formula is C12H23NO. The second-order valence-electron chi connectivity index (χ2n) is 4.44. The van der Waals surface area contributed by atoms with Crippen molar-refractivity contribution in [3.05, 3.63) is 12.2 Å². The Morgan fingerprint density at radius 2 is 2.07 bits per heavy atom. The molecule has 2 unspecified atom stereocenters. The van der Waals surface area contributed by atoms with Gasteiger partial charge in [0, 0.05) is 12.6 Å². The molecule has 0 amide bonds. The molecule has 0 bridgehead atoms. The highest BCUT2D eigenvalue weighted by atomic mass is 16.3. The van der Waals surface area contributed by atoms with Crippen LogP contribution >= 0.6 is 0 Å². The third-order valence-electron chi connectivity index (χ3n) is 3.23. The summed E-state index contributed by atoms with van der Waals surface area (Å²) in [6, 6.07) is 0.354. The molecule has 0 heterocycles.